The van der Waals surface area contributed by atoms with Crippen LogP contribution in [-0.2, 0) is 44.1 Å². The Bertz CT molecular complexity index is 1530. The van der Waals surface area contributed by atoms with E-state index >= 15 is 0 Å². The zero-order chi connectivity index (χ0) is 38.5. The Morgan fingerprint density at radius 3 is 2.26 bits per heavy atom. The van der Waals surface area contributed by atoms with Crippen molar-refractivity contribution in [3.8, 4) is 5.75 Å². The molecule has 5 atom stereocenters. The summed E-state index contributed by atoms with van der Waals surface area (Å²) in [5.41, 5.74) is 3.27. The maximum Gasteiger partial charge on any atom is 0.293 e. The normalized spacial score (nSPS) is 19.7. The van der Waals surface area contributed by atoms with Gasteiger partial charge in [0.1, 0.15) is 30.1 Å². The molecule has 3 unspecified atom stereocenters. The maximum atomic E-state index is 12.3. The van der Waals surface area contributed by atoms with Crippen molar-refractivity contribution in [3.63, 3.8) is 0 Å². The van der Waals surface area contributed by atoms with Crippen LogP contribution in [-0.4, -0.2) is 79.8 Å². The number of hydrogen-bond acceptors (Lipinski definition) is 9. The minimum Gasteiger partial charge on any atom is -0.497 e. The molecule has 1 saturated heterocycles. The molecule has 1 aromatic heterocycles. The third-order valence-corrected chi connectivity index (χ3v) is 9.99. The van der Waals surface area contributed by atoms with Crippen molar-refractivity contribution in [2.45, 2.75) is 123 Å². The summed E-state index contributed by atoms with van der Waals surface area (Å²) in [6.07, 6.45) is 12.5. The van der Waals surface area contributed by atoms with Crippen LogP contribution in [0.15, 0.2) is 53.3 Å². The molecule has 0 bridgehead atoms. The van der Waals surface area contributed by atoms with Gasteiger partial charge in [0.05, 0.1) is 30.2 Å². The molecule has 2 fully saturated rings. The number of ether oxygens (including phenoxy) is 2. The molecule has 2 heterocycles. The van der Waals surface area contributed by atoms with Crippen molar-refractivity contribution in [1.29, 1.82) is 0 Å². The molecule has 1 aliphatic heterocycles. The Morgan fingerprint density at radius 1 is 1.00 bits per heavy atom. The number of rotatable bonds is 13. The molecule has 54 heavy (non-hydrogen) atoms. The monoisotopic (exact) mass is 786 g/mol. The standard InChI is InChI=1S/C21H28N2O4.C12H15NO.C7H15NO.C2H6.CH3.V/c1-26-16-11-12-17-19(13-16)23-21(25)18(22-17)9-4-2-3-7-15-8-5-6-10-20(15)27-14-24;1-13-8-7-11(12(13)9-14)10-5-3-2-4-6-10;1-7(2,3)6(5-9)8-4;1-2;;/h11-15,20H,2-10H2,1H3,(H,23,25);2-6,9,11-12H,7-8H2,1H3;5-6,8H,1-4H3;1-2H3;1H3;/q;;;;-1;/t15?,20-;;6-;;;/m1.1.../s1. The summed E-state index contributed by atoms with van der Waals surface area (Å²) in [6.45, 7) is 11.7. The Balaban J connectivity index is 0.000000872. The van der Waals surface area contributed by atoms with Crippen molar-refractivity contribution >= 4 is 30.1 Å². The number of likely N-dealkylation sites (tertiary alicyclic amines) is 1. The summed E-state index contributed by atoms with van der Waals surface area (Å²) in [4.78, 5) is 53.7. The predicted octanol–water partition coefficient (Wildman–Crippen LogP) is 7.73. The first kappa shape index (κ1) is 50.7. The van der Waals surface area contributed by atoms with Crippen LogP contribution in [0.1, 0.15) is 110 Å². The summed E-state index contributed by atoms with van der Waals surface area (Å²) in [6, 6.07) is 15.8. The molecule has 1 aliphatic carbocycles. The van der Waals surface area contributed by atoms with E-state index in [4.69, 9.17) is 9.47 Å². The number of nitrogens with zero attached hydrogens (tertiary/aromatic N) is 2. The van der Waals surface area contributed by atoms with Crippen molar-refractivity contribution < 1.29 is 42.4 Å². The van der Waals surface area contributed by atoms with Crippen LogP contribution in [0.4, 0.5) is 0 Å². The van der Waals surface area contributed by atoms with E-state index in [0.29, 0.717) is 41.7 Å². The van der Waals surface area contributed by atoms with E-state index in [1.165, 1.54) is 12.0 Å². The van der Waals surface area contributed by atoms with E-state index in [1.54, 1.807) is 20.2 Å². The van der Waals surface area contributed by atoms with Crippen molar-refractivity contribution in [2.75, 3.05) is 27.7 Å². The second kappa shape index (κ2) is 27.3. The van der Waals surface area contributed by atoms with Crippen LogP contribution in [0.5, 0.6) is 5.75 Å². The van der Waals surface area contributed by atoms with E-state index in [1.807, 2.05) is 72.0 Å². The fraction of sp³-hybridized carbons (Fsp3) is 0.581. The molecule has 3 aromatic rings. The number of likely N-dealkylation sites (N-methyl/N-ethyl adjacent to an activating group) is 2. The minimum absolute atomic E-state index is 0. The topological polar surface area (TPSA) is 131 Å². The summed E-state index contributed by atoms with van der Waals surface area (Å²) in [5.74, 6) is 1.58. The number of nitrogens with one attached hydrogen (secondary N) is 2. The van der Waals surface area contributed by atoms with Gasteiger partial charge < -0.3 is 36.8 Å². The molecule has 2 aromatic carbocycles. The number of benzene rings is 2. The average molecular weight is 787 g/mol. The molecule has 1 saturated carbocycles. The zero-order valence-electron chi connectivity index (χ0n) is 34.3. The van der Waals surface area contributed by atoms with E-state index in [2.05, 4.69) is 32.3 Å². The molecule has 11 heteroatoms. The van der Waals surface area contributed by atoms with Gasteiger partial charge in [0.15, 0.2) is 0 Å². The molecular formula is C43H67N4O6V-. The number of carbonyl (C=O) groups is 3. The molecule has 0 amide bonds. The second-order valence-electron chi connectivity index (χ2n) is 14.5. The molecule has 5 rings (SSSR count). The Labute approximate surface area is 336 Å². The van der Waals surface area contributed by atoms with Gasteiger partial charge in [-0.15, -0.1) is 0 Å². The number of hydrogen-bond donors (Lipinski definition) is 2. The van der Waals surface area contributed by atoms with E-state index < -0.39 is 0 Å². The molecule has 1 radical (unpaired) electrons. The molecule has 301 valence electrons. The number of methoxy groups -OCH3 is 1. The van der Waals surface area contributed by atoms with Gasteiger partial charge in [0.25, 0.3) is 12.0 Å². The molecular weight excluding hydrogens is 719 g/mol. The first-order chi connectivity index (χ1) is 25.1. The van der Waals surface area contributed by atoms with E-state index in [9.17, 15) is 19.2 Å². The van der Waals surface area contributed by atoms with Crippen LogP contribution < -0.4 is 15.6 Å². The fourth-order valence-corrected chi connectivity index (χ4v) is 6.97. The van der Waals surface area contributed by atoms with Gasteiger partial charge in [0, 0.05) is 30.5 Å². The molecule has 2 aliphatic rings. The first-order valence-corrected chi connectivity index (χ1v) is 19.0. The van der Waals surface area contributed by atoms with Crippen LogP contribution in [0.25, 0.3) is 11.0 Å². The minimum atomic E-state index is -0.123. The van der Waals surface area contributed by atoms with E-state index in [0.717, 1.165) is 76.0 Å². The second-order valence-corrected chi connectivity index (χ2v) is 14.5. The summed E-state index contributed by atoms with van der Waals surface area (Å²) in [5, 5.41) is 2.92. The van der Waals surface area contributed by atoms with E-state index in [-0.39, 0.29) is 55.1 Å². The Hall–Kier alpha value is -3.31. The van der Waals surface area contributed by atoms with Crippen LogP contribution in [0.2, 0.25) is 0 Å². The molecule has 10 nitrogen and oxygen atoms in total. The number of aromatic amines is 1. The number of fused-ring (bicyclic) bond motifs is 1. The van der Waals surface area contributed by atoms with Gasteiger partial charge in [-0.25, -0.2) is 4.98 Å². The quantitative estimate of drug-likeness (QED) is 0.102. The summed E-state index contributed by atoms with van der Waals surface area (Å²) >= 11 is 0. The average Bonchev–Trinajstić information content (AvgIpc) is 3.54. The number of H-pyrrole nitrogens is 1. The number of aryl methyl sites for hydroxylation is 1. The third-order valence-electron chi connectivity index (χ3n) is 9.99. The maximum absolute atomic E-state index is 12.3. The van der Waals surface area contributed by atoms with Gasteiger partial charge in [-0.2, -0.15) is 0 Å². The van der Waals surface area contributed by atoms with Crippen LogP contribution >= 0.6 is 0 Å². The van der Waals surface area contributed by atoms with Crippen molar-refractivity contribution in [1.82, 2.24) is 20.2 Å². The fourth-order valence-electron chi connectivity index (χ4n) is 6.97. The Kier molecular flexibility index (Phi) is 25.6. The largest absolute Gasteiger partial charge is 0.497 e. The third kappa shape index (κ3) is 16.2. The van der Waals surface area contributed by atoms with Gasteiger partial charge in [0.2, 0.25) is 0 Å². The number of carbonyl (C=O) groups excluding carboxylic acids is 3. The SMILES string of the molecule is CC.CN1CCC(c2ccccc2)C1C=O.CN[C@H](C=O)C(C)(C)C.COc1ccc2nc(CCCCCC3CCCC[C@H]3OC=O)c(=O)[nH]c2c1.[CH3-].[V]. The molecule has 0 spiro atoms. The van der Waals surface area contributed by atoms with Gasteiger partial charge in [-0.3, -0.25) is 14.5 Å². The molecule has 2 N–H and O–H groups in total. The van der Waals surface area contributed by atoms with Gasteiger partial charge >= 0.3 is 0 Å². The van der Waals surface area contributed by atoms with Gasteiger partial charge in [-0.05, 0) is 94.6 Å². The number of unbranched alkanes of at least 4 members (excludes halogenated alkanes) is 2. The van der Waals surface area contributed by atoms with Crippen molar-refractivity contribution in [2.24, 2.45) is 11.3 Å². The van der Waals surface area contributed by atoms with Gasteiger partial charge in [-0.1, -0.05) is 84.2 Å². The van der Waals surface area contributed by atoms with Crippen LogP contribution in [0, 0.1) is 18.8 Å². The summed E-state index contributed by atoms with van der Waals surface area (Å²) < 4.78 is 10.4. The predicted molar refractivity (Wildman–Crippen MR) is 216 cm³/mol. The smallest absolute Gasteiger partial charge is 0.293 e. The first-order valence-electron chi connectivity index (χ1n) is 19.0. The zero-order valence-corrected chi connectivity index (χ0v) is 35.7. The number of aldehydes is 2. The number of aromatic nitrogens is 2. The van der Waals surface area contributed by atoms with Crippen molar-refractivity contribution in [3.05, 3.63) is 77.6 Å². The van der Waals surface area contributed by atoms with Crippen LogP contribution in [0.3, 0.4) is 0 Å². The summed E-state index contributed by atoms with van der Waals surface area (Å²) in [7, 11) is 5.41. The Morgan fingerprint density at radius 2 is 1.69 bits per heavy atom.